The molecule has 1 fully saturated rings. The quantitative estimate of drug-likeness (QED) is 0.120. The Hall–Kier alpha value is -3.07. The van der Waals surface area contributed by atoms with Gasteiger partial charge in [0, 0.05) is 63.5 Å². The monoisotopic (exact) mass is 625 g/mol. The van der Waals surface area contributed by atoms with Crippen molar-refractivity contribution in [2.75, 3.05) is 25.6 Å². The number of nitrogens with zero attached hydrogens (tertiary/aromatic N) is 4. The molecule has 0 saturated heterocycles. The third kappa shape index (κ3) is 7.72. The highest BCUT2D eigenvalue weighted by atomic mass is 28.3. The first-order chi connectivity index (χ1) is 20.3. The zero-order valence-corrected chi connectivity index (χ0v) is 28.4. The summed E-state index contributed by atoms with van der Waals surface area (Å²) in [5.74, 6) is 0.169. The van der Waals surface area contributed by atoms with E-state index in [0.717, 1.165) is 46.1 Å². The number of alkyl halides is 1. The molecule has 0 aliphatic heterocycles. The van der Waals surface area contributed by atoms with Gasteiger partial charge in [0.15, 0.2) is 0 Å². The number of halogens is 1. The number of methoxy groups -OCH3 is 1. The lowest BCUT2D eigenvalue weighted by atomic mass is 10.0. The van der Waals surface area contributed by atoms with Crippen molar-refractivity contribution in [2.24, 2.45) is 5.92 Å². The molecule has 12 heteroatoms. The number of hydrogen-bond acceptors (Lipinski definition) is 6. The number of aromatic nitrogens is 4. The molecule has 2 atom stereocenters. The van der Waals surface area contributed by atoms with Crippen LogP contribution in [0.4, 0.5) is 10.2 Å². The average molecular weight is 626 g/mol. The number of pyridine rings is 1. The lowest BCUT2D eigenvalue weighted by Crippen LogP contribution is -2.22. The Bertz CT molecular complexity index is 1610. The summed E-state index contributed by atoms with van der Waals surface area (Å²) in [5.41, 5.74) is 3.43. The van der Waals surface area contributed by atoms with E-state index in [2.05, 4.69) is 55.8 Å². The number of rotatable bonds is 14. The van der Waals surface area contributed by atoms with Gasteiger partial charge in [0.05, 0.1) is 24.7 Å². The topological polar surface area (TPSA) is 92.4 Å². The van der Waals surface area contributed by atoms with E-state index in [1.165, 1.54) is 0 Å². The first-order valence-corrected chi connectivity index (χ1v) is 22.4. The molecule has 5 rings (SSSR count). The second-order valence-electron chi connectivity index (χ2n) is 13.9. The van der Waals surface area contributed by atoms with E-state index in [1.54, 1.807) is 13.2 Å². The summed E-state index contributed by atoms with van der Waals surface area (Å²) in [6.07, 6.45) is 3.07. The summed E-state index contributed by atoms with van der Waals surface area (Å²) in [4.78, 5) is 17.2. The smallest absolute Gasteiger partial charge is 0.231 e. The van der Waals surface area contributed by atoms with Gasteiger partial charge in [-0.2, -0.15) is 5.10 Å². The van der Waals surface area contributed by atoms with E-state index in [1.807, 2.05) is 33.8 Å². The molecule has 3 heterocycles. The van der Waals surface area contributed by atoms with E-state index < -0.39 is 28.2 Å². The van der Waals surface area contributed by atoms with Crippen LogP contribution >= 0.6 is 0 Å². The Labute approximate surface area is 254 Å². The Balaban J connectivity index is 1.46. The molecule has 43 heavy (non-hydrogen) atoms. The second kappa shape index (κ2) is 12.5. The molecule has 1 aliphatic carbocycles. The summed E-state index contributed by atoms with van der Waals surface area (Å²) < 4.78 is 35.2. The van der Waals surface area contributed by atoms with Gasteiger partial charge in [-0.25, -0.2) is 14.1 Å². The SMILES string of the molecule is COc1cc2c(cnn2COCC[Si](C)(C)C)cc1-c1cn(COCC[Si](C)(C)C)c2nc(NC(=O)[C@@H]3C[C@@H]3F)ccc12. The van der Waals surface area contributed by atoms with Crippen LogP contribution in [-0.4, -0.2) is 67.9 Å². The number of hydrogen-bond donors (Lipinski definition) is 1. The number of carbonyl (C=O) groups is 1. The van der Waals surface area contributed by atoms with Gasteiger partial charge in [-0.1, -0.05) is 39.3 Å². The minimum atomic E-state index is -1.25. The van der Waals surface area contributed by atoms with Gasteiger partial charge in [0.25, 0.3) is 0 Å². The van der Waals surface area contributed by atoms with Gasteiger partial charge >= 0.3 is 0 Å². The van der Waals surface area contributed by atoms with E-state index in [-0.39, 0.29) is 12.3 Å². The van der Waals surface area contributed by atoms with Gasteiger partial charge in [0.1, 0.15) is 36.8 Å². The van der Waals surface area contributed by atoms with Crippen LogP contribution in [0.15, 0.2) is 36.7 Å². The highest BCUT2D eigenvalue weighted by molar-refractivity contribution is 6.76. The fourth-order valence-corrected chi connectivity index (χ4v) is 6.37. The molecule has 1 amide bonds. The number of amides is 1. The molecule has 4 aromatic rings. The van der Waals surface area contributed by atoms with Gasteiger partial charge in [-0.05, 0) is 36.7 Å². The fraction of sp³-hybridized carbons (Fsp3) is 0.516. The van der Waals surface area contributed by atoms with Crippen LogP contribution in [0.5, 0.6) is 5.75 Å². The van der Waals surface area contributed by atoms with E-state index >= 15 is 0 Å². The summed E-state index contributed by atoms with van der Waals surface area (Å²) in [5, 5.41) is 9.23. The zero-order chi connectivity index (χ0) is 30.9. The lowest BCUT2D eigenvalue weighted by molar-refractivity contribution is -0.117. The third-order valence-electron chi connectivity index (χ3n) is 7.71. The van der Waals surface area contributed by atoms with Crippen LogP contribution in [0, 0.1) is 5.92 Å². The highest BCUT2D eigenvalue weighted by Gasteiger charge is 2.43. The molecule has 1 aromatic carbocycles. The molecule has 0 radical (unpaired) electrons. The Morgan fingerprint density at radius 1 is 1.02 bits per heavy atom. The van der Waals surface area contributed by atoms with Crippen molar-refractivity contribution in [1.29, 1.82) is 0 Å². The van der Waals surface area contributed by atoms with Crippen molar-refractivity contribution < 1.29 is 23.4 Å². The fourth-order valence-electron chi connectivity index (χ4n) is 4.86. The number of carbonyl (C=O) groups excluding carboxylic acids is 1. The summed E-state index contributed by atoms with van der Waals surface area (Å²) in [7, 11) is -0.761. The minimum Gasteiger partial charge on any atom is -0.496 e. The molecule has 0 unspecified atom stereocenters. The molecular weight excluding hydrogens is 582 g/mol. The average Bonchev–Trinajstić information content (AvgIpc) is 3.39. The van der Waals surface area contributed by atoms with Crippen molar-refractivity contribution in [3.63, 3.8) is 0 Å². The van der Waals surface area contributed by atoms with Crippen molar-refractivity contribution in [2.45, 2.75) is 77.4 Å². The predicted octanol–water partition coefficient (Wildman–Crippen LogP) is 6.98. The summed E-state index contributed by atoms with van der Waals surface area (Å²) in [6.45, 7) is 16.1. The Morgan fingerprint density at radius 3 is 2.33 bits per heavy atom. The van der Waals surface area contributed by atoms with Gasteiger partial charge < -0.3 is 24.1 Å². The van der Waals surface area contributed by atoms with E-state index in [4.69, 9.17) is 19.2 Å². The Morgan fingerprint density at radius 2 is 1.70 bits per heavy atom. The standard InChI is InChI=1S/C31H44FN5O4Si2/c1-39-28-16-27-21(17-33-37(27)20-41-11-13-43(5,6)7)14-23(28)25-18-36(19-40-10-12-42(2,3)4)30-22(25)8-9-29(34-30)35-31(38)24-15-26(24)32/h8-9,14,16-18,24,26H,10-13,15,19-20H2,1-7H3,(H,34,35,38)/t24-,26+/m1/s1. The van der Waals surface area contributed by atoms with Crippen LogP contribution in [0.3, 0.4) is 0 Å². The maximum absolute atomic E-state index is 13.5. The predicted molar refractivity (Wildman–Crippen MR) is 175 cm³/mol. The molecular formula is C31H44FN5O4Si2. The van der Waals surface area contributed by atoms with E-state index in [0.29, 0.717) is 37.3 Å². The molecule has 3 aromatic heterocycles. The van der Waals surface area contributed by atoms with Crippen molar-refractivity contribution in [3.05, 3.63) is 36.7 Å². The minimum absolute atomic E-state index is 0.267. The maximum atomic E-state index is 13.5. The summed E-state index contributed by atoms with van der Waals surface area (Å²) in [6, 6.07) is 9.92. The van der Waals surface area contributed by atoms with Crippen molar-refractivity contribution >= 4 is 49.8 Å². The number of fused-ring (bicyclic) bond motifs is 2. The maximum Gasteiger partial charge on any atom is 0.231 e. The Kier molecular flexibility index (Phi) is 9.12. The molecule has 9 nitrogen and oxygen atoms in total. The van der Waals surface area contributed by atoms with Crippen LogP contribution in [-0.2, 0) is 27.7 Å². The van der Waals surface area contributed by atoms with Gasteiger partial charge in [0.2, 0.25) is 5.91 Å². The molecule has 1 N–H and O–H groups in total. The lowest BCUT2D eigenvalue weighted by Gasteiger charge is -2.15. The van der Waals surface area contributed by atoms with E-state index in [9.17, 15) is 9.18 Å². The number of anilines is 1. The van der Waals surface area contributed by atoms with Gasteiger partial charge in [-0.3, -0.25) is 4.79 Å². The normalized spacial score (nSPS) is 17.1. The second-order valence-corrected chi connectivity index (χ2v) is 25.1. The molecule has 232 valence electrons. The largest absolute Gasteiger partial charge is 0.496 e. The third-order valence-corrected chi connectivity index (χ3v) is 11.1. The van der Waals surface area contributed by atoms with Gasteiger partial charge in [-0.15, -0.1) is 0 Å². The first kappa shape index (κ1) is 31.4. The van der Waals surface area contributed by atoms with Crippen LogP contribution in [0.2, 0.25) is 51.4 Å². The molecule has 1 saturated carbocycles. The van der Waals surface area contributed by atoms with Crippen molar-refractivity contribution in [3.8, 4) is 16.9 Å². The number of ether oxygens (including phenoxy) is 3. The highest BCUT2D eigenvalue weighted by Crippen LogP contribution is 2.39. The zero-order valence-electron chi connectivity index (χ0n) is 26.4. The first-order valence-electron chi connectivity index (χ1n) is 15.0. The van der Waals surface area contributed by atoms with Crippen LogP contribution in [0.25, 0.3) is 33.1 Å². The van der Waals surface area contributed by atoms with Crippen molar-refractivity contribution in [1.82, 2.24) is 19.3 Å². The number of benzene rings is 1. The van der Waals surface area contributed by atoms with Crippen LogP contribution in [0.1, 0.15) is 6.42 Å². The molecule has 1 aliphatic rings. The number of nitrogens with one attached hydrogen (secondary N) is 1. The summed E-state index contributed by atoms with van der Waals surface area (Å²) >= 11 is 0. The molecule has 0 spiro atoms. The molecule has 0 bridgehead atoms. The van der Waals surface area contributed by atoms with Crippen LogP contribution < -0.4 is 10.1 Å².